The molecule has 5 heteroatoms. The lowest BCUT2D eigenvalue weighted by molar-refractivity contribution is 0.111. The zero-order chi connectivity index (χ0) is 17.9. The zero-order valence-corrected chi connectivity index (χ0v) is 16.5. The summed E-state index contributed by atoms with van der Waals surface area (Å²) >= 11 is 1.88. The molecule has 0 unspecified atom stereocenters. The molecule has 1 aliphatic rings. The molecule has 138 valence electrons. The molecule has 1 atom stereocenters. The van der Waals surface area contributed by atoms with Gasteiger partial charge < -0.3 is 15.2 Å². The maximum Gasteiger partial charge on any atom is 0.0567 e. The Hall–Kier alpha value is -1.66. The van der Waals surface area contributed by atoms with Crippen molar-refractivity contribution in [3.8, 4) is 0 Å². The number of nitrogens with zero attached hydrogens (tertiary/aromatic N) is 2. The monoisotopic (exact) mass is 368 g/mol. The molecule has 26 heavy (non-hydrogen) atoms. The molecule has 0 saturated carbocycles. The van der Waals surface area contributed by atoms with E-state index >= 15 is 0 Å². The van der Waals surface area contributed by atoms with Crippen LogP contribution in [0.3, 0.4) is 0 Å². The quantitative estimate of drug-likeness (QED) is 0.697. The molecular weight excluding hydrogens is 340 g/mol. The van der Waals surface area contributed by atoms with Gasteiger partial charge in [-0.1, -0.05) is 24.3 Å². The third-order valence-corrected chi connectivity index (χ3v) is 6.49. The van der Waals surface area contributed by atoms with Gasteiger partial charge in [0.05, 0.1) is 6.04 Å². The Morgan fingerprint density at radius 3 is 2.69 bits per heavy atom. The molecule has 0 radical (unpaired) electrons. The molecule has 4 nitrogen and oxygen atoms in total. The minimum atomic E-state index is 0.467. The summed E-state index contributed by atoms with van der Waals surface area (Å²) in [4.78, 5) is 10.0. The predicted octanol–water partition coefficient (Wildman–Crippen LogP) is 3.62. The fourth-order valence-corrected chi connectivity index (χ4v) is 4.78. The fourth-order valence-electron chi connectivity index (χ4n) is 3.92. The van der Waals surface area contributed by atoms with E-state index < -0.39 is 0 Å². The Labute approximate surface area is 159 Å². The summed E-state index contributed by atoms with van der Waals surface area (Å²) in [6, 6.07) is 13.5. The van der Waals surface area contributed by atoms with Crippen molar-refractivity contribution in [1.82, 2.24) is 20.1 Å². The van der Waals surface area contributed by atoms with Crippen LogP contribution < -0.4 is 5.32 Å². The number of para-hydroxylation sites is 1. The number of H-pyrrole nitrogens is 1. The van der Waals surface area contributed by atoms with Gasteiger partial charge in [0.25, 0.3) is 0 Å². The van der Waals surface area contributed by atoms with Crippen molar-refractivity contribution >= 4 is 22.2 Å². The highest BCUT2D eigenvalue weighted by atomic mass is 32.1. The highest BCUT2D eigenvalue weighted by Gasteiger charge is 2.24. The number of benzene rings is 1. The molecule has 3 aromatic rings. The molecule has 1 aromatic carbocycles. The van der Waals surface area contributed by atoms with E-state index in [-0.39, 0.29) is 0 Å². The normalized spacial score (nSPS) is 17.8. The Balaban J connectivity index is 1.45. The second-order valence-electron chi connectivity index (χ2n) is 7.28. The number of thiophene rings is 1. The highest BCUT2D eigenvalue weighted by molar-refractivity contribution is 7.10. The van der Waals surface area contributed by atoms with Gasteiger partial charge in [0.1, 0.15) is 0 Å². The number of nitrogens with one attached hydrogen (secondary N) is 2. The molecule has 0 spiro atoms. The van der Waals surface area contributed by atoms with Gasteiger partial charge in [0, 0.05) is 60.7 Å². The maximum atomic E-state index is 3.75. The standard InChI is InChI=1S/C21H28N4S/c1-16-18(17-6-3-4-7-19(17)23-16)14-22-15-20(21-8-5-13-26-21)25-11-9-24(2)10-12-25/h3-8,13,20,22-23H,9-12,14-15H2,1-2H3/t20-/m0/s1. The minimum Gasteiger partial charge on any atom is -0.358 e. The first kappa shape index (κ1) is 17.7. The SMILES string of the molecule is Cc1[nH]c2ccccc2c1CNC[C@@H](c1cccs1)N1CCN(C)CC1. The van der Waals surface area contributed by atoms with Crippen LogP contribution in [0, 0.1) is 6.92 Å². The molecule has 1 saturated heterocycles. The van der Waals surface area contributed by atoms with E-state index in [1.54, 1.807) is 0 Å². The van der Waals surface area contributed by atoms with E-state index in [1.165, 1.54) is 27.0 Å². The molecule has 0 aliphatic carbocycles. The van der Waals surface area contributed by atoms with Crippen LogP contribution in [-0.4, -0.2) is 54.6 Å². The smallest absolute Gasteiger partial charge is 0.0567 e. The summed E-state index contributed by atoms with van der Waals surface area (Å²) in [6.45, 7) is 8.68. The summed E-state index contributed by atoms with van der Waals surface area (Å²) in [5.74, 6) is 0. The van der Waals surface area contributed by atoms with E-state index in [4.69, 9.17) is 0 Å². The predicted molar refractivity (Wildman–Crippen MR) is 111 cm³/mol. The summed E-state index contributed by atoms with van der Waals surface area (Å²) < 4.78 is 0. The minimum absolute atomic E-state index is 0.467. The molecule has 2 N–H and O–H groups in total. The van der Waals surface area contributed by atoms with Crippen LogP contribution in [0.15, 0.2) is 41.8 Å². The first-order valence-corrected chi connectivity index (χ1v) is 10.3. The van der Waals surface area contributed by atoms with Crippen LogP contribution in [0.1, 0.15) is 22.2 Å². The summed E-state index contributed by atoms with van der Waals surface area (Å²) in [5.41, 5.74) is 3.89. The number of piperazine rings is 1. The van der Waals surface area contributed by atoms with Gasteiger partial charge in [-0.15, -0.1) is 11.3 Å². The number of aromatic nitrogens is 1. The van der Waals surface area contributed by atoms with Gasteiger partial charge in [-0.2, -0.15) is 0 Å². The molecular formula is C21H28N4S. The van der Waals surface area contributed by atoms with E-state index in [2.05, 4.69) is 75.9 Å². The number of hydrogen-bond donors (Lipinski definition) is 2. The molecule has 4 rings (SSSR count). The Morgan fingerprint density at radius 1 is 1.12 bits per heavy atom. The summed E-state index contributed by atoms with van der Waals surface area (Å²) in [5, 5.41) is 7.28. The molecule has 0 bridgehead atoms. The average Bonchev–Trinajstić information content (AvgIpc) is 3.28. The fraction of sp³-hybridized carbons (Fsp3) is 0.429. The summed E-state index contributed by atoms with van der Waals surface area (Å²) in [7, 11) is 2.22. The number of fused-ring (bicyclic) bond motifs is 1. The second kappa shape index (κ2) is 7.92. The van der Waals surface area contributed by atoms with Crippen molar-refractivity contribution in [3.63, 3.8) is 0 Å². The van der Waals surface area contributed by atoms with Gasteiger partial charge in [-0.25, -0.2) is 0 Å². The van der Waals surface area contributed by atoms with Crippen LogP contribution in [0.2, 0.25) is 0 Å². The van der Waals surface area contributed by atoms with Gasteiger partial charge in [-0.05, 0) is 37.0 Å². The van der Waals surface area contributed by atoms with Crippen LogP contribution in [0.4, 0.5) is 0 Å². The number of likely N-dealkylation sites (N-methyl/N-ethyl adjacent to an activating group) is 1. The Bertz CT molecular complexity index is 831. The third kappa shape index (κ3) is 3.71. The Morgan fingerprint density at radius 2 is 1.92 bits per heavy atom. The first-order chi connectivity index (χ1) is 12.7. The first-order valence-electron chi connectivity index (χ1n) is 9.45. The highest BCUT2D eigenvalue weighted by Crippen LogP contribution is 2.26. The lowest BCUT2D eigenvalue weighted by atomic mass is 10.1. The van der Waals surface area contributed by atoms with Crippen LogP contribution in [0.5, 0.6) is 0 Å². The number of hydrogen-bond acceptors (Lipinski definition) is 4. The number of aryl methyl sites for hydroxylation is 1. The summed E-state index contributed by atoms with van der Waals surface area (Å²) in [6.07, 6.45) is 0. The molecule has 3 heterocycles. The topological polar surface area (TPSA) is 34.3 Å². The van der Waals surface area contributed by atoms with Crippen LogP contribution in [-0.2, 0) is 6.54 Å². The van der Waals surface area contributed by atoms with Crippen molar-refractivity contribution in [2.24, 2.45) is 0 Å². The van der Waals surface area contributed by atoms with Crippen molar-refractivity contribution in [2.75, 3.05) is 39.8 Å². The zero-order valence-electron chi connectivity index (χ0n) is 15.7. The largest absolute Gasteiger partial charge is 0.358 e. The molecule has 2 aromatic heterocycles. The van der Waals surface area contributed by atoms with Gasteiger partial charge >= 0.3 is 0 Å². The average molecular weight is 369 g/mol. The van der Waals surface area contributed by atoms with E-state index in [0.717, 1.165) is 39.3 Å². The van der Waals surface area contributed by atoms with Crippen LogP contribution in [0.25, 0.3) is 10.9 Å². The van der Waals surface area contributed by atoms with E-state index in [9.17, 15) is 0 Å². The van der Waals surface area contributed by atoms with Crippen molar-refractivity contribution in [1.29, 1.82) is 0 Å². The lowest BCUT2D eigenvalue weighted by Gasteiger charge is -2.37. The third-order valence-electron chi connectivity index (χ3n) is 5.52. The van der Waals surface area contributed by atoms with Gasteiger partial charge in [-0.3, -0.25) is 4.90 Å². The van der Waals surface area contributed by atoms with E-state index in [0.29, 0.717) is 6.04 Å². The van der Waals surface area contributed by atoms with Gasteiger partial charge in [0.15, 0.2) is 0 Å². The van der Waals surface area contributed by atoms with Crippen molar-refractivity contribution in [3.05, 3.63) is 57.9 Å². The molecule has 0 amide bonds. The van der Waals surface area contributed by atoms with Crippen LogP contribution >= 0.6 is 11.3 Å². The Kier molecular flexibility index (Phi) is 5.41. The van der Waals surface area contributed by atoms with Crippen molar-refractivity contribution < 1.29 is 0 Å². The second-order valence-corrected chi connectivity index (χ2v) is 8.25. The molecule has 1 fully saturated rings. The van der Waals surface area contributed by atoms with Crippen molar-refractivity contribution in [2.45, 2.75) is 19.5 Å². The number of rotatable bonds is 6. The maximum absolute atomic E-state index is 3.75. The molecule has 1 aliphatic heterocycles. The van der Waals surface area contributed by atoms with E-state index in [1.807, 2.05) is 11.3 Å². The van der Waals surface area contributed by atoms with Gasteiger partial charge in [0.2, 0.25) is 0 Å². The lowest BCUT2D eigenvalue weighted by Crippen LogP contribution is -2.47. The number of aromatic amines is 1.